The molecule has 0 aliphatic rings. The van der Waals surface area contributed by atoms with Crippen molar-refractivity contribution in [2.24, 2.45) is 0 Å². The van der Waals surface area contributed by atoms with Crippen molar-refractivity contribution < 1.29 is 18.7 Å². The Labute approximate surface area is 210 Å². The predicted molar refractivity (Wildman–Crippen MR) is 136 cm³/mol. The minimum absolute atomic E-state index is 0.129. The minimum Gasteiger partial charge on any atom is -0.482 e. The zero-order valence-corrected chi connectivity index (χ0v) is 20.5. The largest absolute Gasteiger partial charge is 0.482 e. The van der Waals surface area contributed by atoms with Crippen LogP contribution in [-0.2, 0) is 22.6 Å². The van der Waals surface area contributed by atoms with E-state index in [9.17, 15) is 14.0 Å². The number of halogens is 2. The summed E-state index contributed by atoms with van der Waals surface area (Å²) in [5.41, 5.74) is 1.63. The molecule has 0 aliphatic heterocycles. The van der Waals surface area contributed by atoms with Gasteiger partial charge in [-0.05, 0) is 41.8 Å². The number of para-hydroxylation sites is 1. The van der Waals surface area contributed by atoms with Gasteiger partial charge in [0.25, 0.3) is 5.91 Å². The van der Waals surface area contributed by atoms with Gasteiger partial charge in [0.1, 0.15) is 17.6 Å². The van der Waals surface area contributed by atoms with Crippen LogP contribution in [0.1, 0.15) is 30.9 Å². The third kappa shape index (κ3) is 8.11. The summed E-state index contributed by atoms with van der Waals surface area (Å²) in [4.78, 5) is 28.3. The molecule has 2 amide bonds. The van der Waals surface area contributed by atoms with E-state index in [2.05, 4.69) is 5.32 Å². The number of hydrogen-bond donors (Lipinski definition) is 1. The number of rotatable bonds is 12. The van der Waals surface area contributed by atoms with Crippen LogP contribution in [0.4, 0.5) is 4.39 Å². The van der Waals surface area contributed by atoms with Crippen LogP contribution in [0.25, 0.3) is 0 Å². The maximum absolute atomic E-state index is 13.5. The Hall–Kier alpha value is -3.38. The minimum atomic E-state index is -0.776. The van der Waals surface area contributed by atoms with Gasteiger partial charge < -0.3 is 15.0 Å². The lowest BCUT2D eigenvalue weighted by Gasteiger charge is -2.31. The lowest BCUT2D eigenvalue weighted by molar-refractivity contribution is -0.142. The first-order chi connectivity index (χ1) is 17.0. The Morgan fingerprint density at radius 3 is 2.34 bits per heavy atom. The molecule has 35 heavy (non-hydrogen) atoms. The molecule has 5 nitrogen and oxygen atoms in total. The molecule has 184 valence electrons. The van der Waals surface area contributed by atoms with Gasteiger partial charge in [-0.3, -0.25) is 9.59 Å². The monoisotopic (exact) mass is 496 g/mol. The van der Waals surface area contributed by atoms with Gasteiger partial charge in [0.2, 0.25) is 5.91 Å². The summed E-state index contributed by atoms with van der Waals surface area (Å²) in [6, 6.07) is 21.6. The summed E-state index contributed by atoms with van der Waals surface area (Å²) in [6.07, 6.45) is 2.11. The van der Waals surface area contributed by atoms with Crippen molar-refractivity contribution in [3.05, 3.63) is 101 Å². The van der Waals surface area contributed by atoms with Gasteiger partial charge >= 0.3 is 0 Å². The molecular formula is C28H30ClFN2O3. The molecule has 3 aromatic rings. The van der Waals surface area contributed by atoms with Gasteiger partial charge in [0.15, 0.2) is 6.61 Å². The van der Waals surface area contributed by atoms with Crippen LogP contribution in [0.3, 0.4) is 0 Å². The number of carbonyl (C=O) groups is 2. The van der Waals surface area contributed by atoms with E-state index in [1.165, 1.54) is 17.0 Å². The highest BCUT2D eigenvalue weighted by molar-refractivity contribution is 6.32. The fourth-order valence-electron chi connectivity index (χ4n) is 3.63. The maximum Gasteiger partial charge on any atom is 0.261 e. The number of ether oxygens (including phenoxy) is 1. The second-order valence-corrected chi connectivity index (χ2v) is 8.62. The molecule has 1 atom stereocenters. The van der Waals surface area contributed by atoms with E-state index >= 15 is 0 Å². The standard InChI is InChI=1S/C28H30ClFN2O3/c1-2-3-17-31-28(34)25(18-21-9-5-4-6-10-21)32(19-22-13-15-23(30)16-14-22)27(33)20-35-26-12-8-7-11-24(26)29/h4-16,25H,2-3,17-20H2,1H3,(H,31,34)/t25-/m1/s1. The third-order valence-corrected chi connectivity index (χ3v) is 5.87. The van der Waals surface area contributed by atoms with Gasteiger partial charge in [-0.15, -0.1) is 0 Å². The highest BCUT2D eigenvalue weighted by Gasteiger charge is 2.30. The average molecular weight is 497 g/mol. The molecule has 0 aromatic heterocycles. The number of benzene rings is 3. The highest BCUT2D eigenvalue weighted by atomic mass is 35.5. The summed E-state index contributed by atoms with van der Waals surface area (Å²) in [6.45, 7) is 2.40. The van der Waals surface area contributed by atoms with Gasteiger partial charge in [0.05, 0.1) is 5.02 Å². The molecular weight excluding hydrogens is 467 g/mol. The molecule has 7 heteroatoms. The topological polar surface area (TPSA) is 58.6 Å². The number of hydrogen-bond acceptors (Lipinski definition) is 3. The first-order valence-corrected chi connectivity index (χ1v) is 12.1. The molecule has 0 unspecified atom stereocenters. The van der Waals surface area contributed by atoms with E-state index < -0.39 is 6.04 Å². The smallest absolute Gasteiger partial charge is 0.261 e. The molecule has 0 saturated carbocycles. The van der Waals surface area contributed by atoms with Gasteiger partial charge in [-0.2, -0.15) is 0 Å². The highest BCUT2D eigenvalue weighted by Crippen LogP contribution is 2.23. The zero-order valence-electron chi connectivity index (χ0n) is 19.8. The van der Waals surface area contributed by atoms with Gasteiger partial charge in [0, 0.05) is 19.5 Å². The summed E-state index contributed by atoms with van der Waals surface area (Å²) in [5, 5.41) is 3.35. The Balaban J connectivity index is 1.88. The Kier molecular flexibility index (Phi) is 10.1. The van der Waals surface area contributed by atoms with E-state index in [0.29, 0.717) is 29.3 Å². The first kappa shape index (κ1) is 26.2. The molecule has 0 aliphatic carbocycles. The van der Waals surface area contributed by atoms with E-state index in [-0.39, 0.29) is 30.8 Å². The Morgan fingerprint density at radius 2 is 1.66 bits per heavy atom. The Morgan fingerprint density at radius 1 is 0.971 bits per heavy atom. The van der Waals surface area contributed by atoms with Crippen LogP contribution < -0.4 is 10.1 Å². The normalized spacial score (nSPS) is 11.5. The van der Waals surface area contributed by atoms with Crippen molar-refractivity contribution in [2.45, 2.75) is 38.8 Å². The van der Waals surface area contributed by atoms with E-state index in [0.717, 1.165) is 18.4 Å². The lowest BCUT2D eigenvalue weighted by Crippen LogP contribution is -2.51. The lowest BCUT2D eigenvalue weighted by atomic mass is 10.0. The van der Waals surface area contributed by atoms with Crippen molar-refractivity contribution in [3.8, 4) is 5.75 Å². The molecule has 0 spiro atoms. The third-order valence-electron chi connectivity index (χ3n) is 5.55. The average Bonchev–Trinajstić information content (AvgIpc) is 2.87. The predicted octanol–water partition coefficient (Wildman–Crippen LogP) is 5.41. The van der Waals surface area contributed by atoms with Crippen molar-refractivity contribution in [1.29, 1.82) is 0 Å². The number of nitrogens with zero attached hydrogens (tertiary/aromatic N) is 1. The fourth-order valence-corrected chi connectivity index (χ4v) is 3.82. The molecule has 0 fully saturated rings. The number of carbonyl (C=O) groups excluding carboxylic acids is 2. The van der Waals surface area contributed by atoms with Crippen molar-refractivity contribution in [1.82, 2.24) is 10.2 Å². The van der Waals surface area contributed by atoms with Crippen LogP contribution in [0.2, 0.25) is 5.02 Å². The molecule has 0 saturated heterocycles. The maximum atomic E-state index is 13.5. The van der Waals surface area contributed by atoms with Crippen molar-refractivity contribution >= 4 is 23.4 Å². The van der Waals surface area contributed by atoms with Crippen LogP contribution in [0.15, 0.2) is 78.9 Å². The van der Waals surface area contributed by atoms with Crippen LogP contribution in [0, 0.1) is 5.82 Å². The van der Waals surface area contributed by atoms with E-state index in [4.69, 9.17) is 16.3 Å². The second kappa shape index (κ2) is 13.5. The van der Waals surface area contributed by atoms with Gasteiger partial charge in [-0.25, -0.2) is 4.39 Å². The molecule has 1 N–H and O–H groups in total. The van der Waals surface area contributed by atoms with E-state index in [1.807, 2.05) is 37.3 Å². The fraction of sp³-hybridized carbons (Fsp3) is 0.286. The van der Waals surface area contributed by atoms with Crippen molar-refractivity contribution in [3.63, 3.8) is 0 Å². The quantitative estimate of drug-likeness (QED) is 0.341. The molecule has 0 bridgehead atoms. The summed E-state index contributed by atoms with van der Waals surface area (Å²) < 4.78 is 19.2. The van der Waals surface area contributed by atoms with E-state index in [1.54, 1.807) is 36.4 Å². The summed E-state index contributed by atoms with van der Waals surface area (Å²) >= 11 is 6.17. The molecule has 3 rings (SSSR count). The second-order valence-electron chi connectivity index (χ2n) is 8.22. The molecule has 0 heterocycles. The zero-order chi connectivity index (χ0) is 25.0. The van der Waals surface area contributed by atoms with Crippen molar-refractivity contribution in [2.75, 3.05) is 13.2 Å². The van der Waals surface area contributed by atoms with Crippen LogP contribution in [0.5, 0.6) is 5.75 Å². The summed E-state index contributed by atoms with van der Waals surface area (Å²) in [7, 11) is 0. The van der Waals surface area contributed by atoms with Crippen LogP contribution >= 0.6 is 11.6 Å². The first-order valence-electron chi connectivity index (χ1n) is 11.7. The molecule has 3 aromatic carbocycles. The number of amides is 2. The van der Waals surface area contributed by atoms with Crippen LogP contribution in [-0.4, -0.2) is 35.9 Å². The van der Waals surface area contributed by atoms with Gasteiger partial charge in [-0.1, -0.05) is 79.5 Å². The Bertz CT molecular complexity index is 1090. The SMILES string of the molecule is CCCCNC(=O)[C@@H](Cc1ccccc1)N(Cc1ccc(F)cc1)C(=O)COc1ccccc1Cl. The number of nitrogens with one attached hydrogen (secondary N) is 1. The summed E-state index contributed by atoms with van der Waals surface area (Å²) in [5.74, 6) is -0.598. The molecule has 0 radical (unpaired) electrons. The number of unbranched alkanes of at least 4 members (excludes halogenated alkanes) is 1.